The van der Waals surface area contributed by atoms with Gasteiger partial charge < -0.3 is 14.2 Å². The lowest BCUT2D eigenvalue weighted by Crippen LogP contribution is -2.26. The van der Waals surface area contributed by atoms with Gasteiger partial charge in [-0.25, -0.2) is 4.79 Å². The average Bonchev–Trinajstić information content (AvgIpc) is 2.31. The summed E-state index contributed by atoms with van der Waals surface area (Å²) in [7, 11) is 1.59. The number of esters is 1. The maximum absolute atomic E-state index is 11.4. The van der Waals surface area contributed by atoms with Crippen LogP contribution in [0, 0.1) is 0 Å². The lowest BCUT2D eigenvalue weighted by Gasteiger charge is -2.14. The van der Waals surface area contributed by atoms with Crippen LogP contribution in [-0.4, -0.2) is 25.8 Å². The first-order valence-corrected chi connectivity index (χ1v) is 6.04. The van der Waals surface area contributed by atoms with Gasteiger partial charge in [0.05, 0.1) is 18.2 Å². The van der Waals surface area contributed by atoms with Gasteiger partial charge in [0.1, 0.15) is 11.5 Å². The summed E-state index contributed by atoms with van der Waals surface area (Å²) in [6, 6.07) is 5.27. The SMILES string of the molecule is CCOC(=O)C(C)Oc1ccc(OC)cc1Br. The van der Waals surface area contributed by atoms with Crippen molar-refractivity contribution in [1.29, 1.82) is 0 Å². The molecule has 0 amide bonds. The molecule has 0 aromatic heterocycles. The highest BCUT2D eigenvalue weighted by atomic mass is 79.9. The lowest BCUT2D eigenvalue weighted by molar-refractivity contribution is -0.150. The van der Waals surface area contributed by atoms with Gasteiger partial charge in [-0.1, -0.05) is 0 Å². The van der Waals surface area contributed by atoms with Gasteiger partial charge >= 0.3 is 5.97 Å². The van der Waals surface area contributed by atoms with E-state index in [1.54, 1.807) is 39.2 Å². The third kappa shape index (κ3) is 3.93. The van der Waals surface area contributed by atoms with Crippen molar-refractivity contribution >= 4 is 21.9 Å². The van der Waals surface area contributed by atoms with Gasteiger partial charge in [0.2, 0.25) is 0 Å². The van der Waals surface area contributed by atoms with Crippen LogP contribution in [0.25, 0.3) is 0 Å². The maximum atomic E-state index is 11.4. The van der Waals surface area contributed by atoms with Gasteiger partial charge in [-0.15, -0.1) is 0 Å². The second kappa shape index (κ2) is 6.49. The molecule has 0 N–H and O–H groups in total. The fourth-order valence-corrected chi connectivity index (χ4v) is 1.65. The molecule has 1 unspecified atom stereocenters. The molecule has 1 rings (SSSR count). The van der Waals surface area contributed by atoms with Crippen molar-refractivity contribution in [2.45, 2.75) is 20.0 Å². The van der Waals surface area contributed by atoms with Crippen molar-refractivity contribution < 1.29 is 19.0 Å². The lowest BCUT2D eigenvalue weighted by atomic mass is 10.3. The van der Waals surface area contributed by atoms with Crippen LogP contribution in [0.1, 0.15) is 13.8 Å². The fraction of sp³-hybridized carbons (Fsp3) is 0.417. The Hall–Kier alpha value is -1.23. The van der Waals surface area contributed by atoms with Crippen molar-refractivity contribution in [3.8, 4) is 11.5 Å². The molecule has 17 heavy (non-hydrogen) atoms. The smallest absolute Gasteiger partial charge is 0.347 e. The predicted octanol–water partition coefficient (Wildman–Crippen LogP) is 2.79. The first-order chi connectivity index (χ1) is 8.08. The Morgan fingerprint density at radius 1 is 1.47 bits per heavy atom. The Labute approximate surface area is 109 Å². The molecular weight excluding hydrogens is 288 g/mol. The number of rotatable bonds is 5. The van der Waals surface area contributed by atoms with Crippen molar-refractivity contribution in [2.75, 3.05) is 13.7 Å². The first-order valence-electron chi connectivity index (χ1n) is 5.25. The Bertz CT molecular complexity index is 392. The summed E-state index contributed by atoms with van der Waals surface area (Å²) in [5.74, 6) is 0.912. The summed E-state index contributed by atoms with van der Waals surface area (Å²) < 4.78 is 16.1. The van der Waals surface area contributed by atoms with Gasteiger partial charge in [0.15, 0.2) is 6.10 Å². The summed E-state index contributed by atoms with van der Waals surface area (Å²) in [6.45, 7) is 3.75. The monoisotopic (exact) mass is 302 g/mol. The molecule has 1 aromatic rings. The molecule has 0 spiro atoms. The first kappa shape index (κ1) is 13.8. The molecule has 0 radical (unpaired) electrons. The zero-order chi connectivity index (χ0) is 12.8. The number of halogens is 1. The van der Waals surface area contributed by atoms with E-state index in [4.69, 9.17) is 14.2 Å². The summed E-state index contributed by atoms with van der Waals surface area (Å²) in [5, 5.41) is 0. The highest BCUT2D eigenvalue weighted by Gasteiger charge is 2.17. The van der Waals surface area contributed by atoms with Crippen LogP contribution in [0.15, 0.2) is 22.7 Å². The van der Waals surface area contributed by atoms with E-state index in [1.165, 1.54) is 0 Å². The molecule has 0 saturated carbocycles. The summed E-state index contributed by atoms with van der Waals surface area (Å²) in [5.41, 5.74) is 0. The average molecular weight is 303 g/mol. The van der Waals surface area contributed by atoms with Crippen molar-refractivity contribution in [3.63, 3.8) is 0 Å². The van der Waals surface area contributed by atoms with E-state index in [2.05, 4.69) is 15.9 Å². The number of benzene rings is 1. The highest BCUT2D eigenvalue weighted by Crippen LogP contribution is 2.29. The fourth-order valence-electron chi connectivity index (χ4n) is 1.20. The Morgan fingerprint density at radius 2 is 2.18 bits per heavy atom. The van der Waals surface area contributed by atoms with Gasteiger partial charge in [-0.2, -0.15) is 0 Å². The standard InChI is InChI=1S/C12H15BrO4/c1-4-16-12(14)8(2)17-11-6-5-9(15-3)7-10(11)13/h5-8H,4H2,1-3H3. The second-order valence-corrected chi connectivity index (χ2v) is 4.16. The minimum absolute atomic E-state index is 0.344. The number of ether oxygens (including phenoxy) is 3. The van der Waals surface area contributed by atoms with E-state index in [0.717, 1.165) is 4.47 Å². The molecule has 0 saturated heterocycles. The molecular formula is C12H15BrO4. The van der Waals surface area contributed by atoms with Crippen LogP contribution in [-0.2, 0) is 9.53 Å². The molecule has 0 bridgehead atoms. The summed E-state index contributed by atoms with van der Waals surface area (Å²) >= 11 is 3.35. The van der Waals surface area contributed by atoms with Crippen molar-refractivity contribution in [1.82, 2.24) is 0 Å². The molecule has 94 valence electrons. The zero-order valence-corrected chi connectivity index (χ0v) is 11.6. The Kier molecular flexibility index (Phi) is 5.28. The third-order valence-corrected chi connectivity index (χ3v) is 2.68. The minimum Gasteiger partial charge on any atom is -0.497 e. The quantitative estimate of drug-likeness (QED) is 0.785. The Balaban J connectivity index is 2.71. The predicted molar refractivity (Wildman–Crippen MR) is 67.4 cm³/mol. The van der Waals surface area contributed by atoms with Crippen LogP contribution >= 0.6 is 15.9 Å². The van der Waals surface area contributed by atoms with E-state index in [-0.39, 0.29) is 5.97 Å². The topological polar surface area (TPSA) is 44.8 Å². The molecule has 0 heterocycles. The highest BCUT2D eigenvalue weighted by molar-refractivity contribution is 9.10. The number of methoxy groups -OCH3 is 1. The van der Waals surface area contributed by atoms with E-state index in [0.29, 0.717) is 18.1 Å². The largest absolute Gasteiger partial charge is 0.497 e. The van der Waals surface area contributed by atoms with E-state index < -0.39 is 6.10 Å². The number of carbonyl (C=O) groups excluding carboxylic acids is 1. The van der Waals surface area contributed by atoms with Gasteiger partial charge in [-0.05, 0) is 48.0 Å². The van der Waals surface area contributed by atoms with Gasteiger partial charge in [0.25, 0.3) is 0 Å². The molecule has 4 nitrogen and oxygen atoms in total. The maximum Gasteiger partial charge on any atom is 0.347 e. The third-order valence-electron chi connectivity index (χ3n) is 2.06. The minimum atomic E-state index is -0.639. The van der Waals surface area contributed by atoms with Crippen molar-refractivity contribution in [2.24, 2.45) is 0 Å². The molecule has 0 fully saturated rings. The number of hydrogen-bond donors (Lipinski definition) is 0. The molecule has 0 aliphatic heterocycles. The van der Waals surface area contributed by atoms with Crippen molar-refractivity contribution in [3.05, 3.63) is 22.7 Å². The van der Waals surface area contributed by atoms with Crippen LogP contribution < -0.4 is 9.47 Å². The summed E-state index contributed by atoms with van der Waals surface area (Å²) in [4.78, 5) is 11.4. The van der Waals surface area contributed by atoms with Gasteiger partial charge in [0, 0.05) is 0 Å². The summed E-state index contributed by atoms with van der Waals surface area (Å²) in [6.07, 6.45) is -0.639. The number of hydrogen-bond acceptors (Lipinski definition) is 4. The van der Waals surface area contributed by atoms with E-state index in [9.17, 15) is 4.79 Å². The normalized spacial score (nSPS) is 11.8. The van der Waals surface area contributed by atoms with E-state index >= 15 is 0 Å². The number of carbonyl (C=O) groups is 1. The zero-order valence-electron chi connectivity index (χ0n) is 10.0. The molecule has 1 atom stereocenters. The molecule has 1 aromatic carbocycles. The van der Waals surface area contributed by atoms with Crippen LogP contribution in [0.5, 0.6) is 11.5 Å². The molecule has 0 aliphatic rings. The van der Waals surface area contributed by atoms with Crippen LogP contribution in [0.4, 0.5) is 0 Å². The van der Waals surface area contributed by atoms with Crippen LogP contribution in [0.3, 0.4) is 0 Å². The van der Waals surface area contributed by atoms with Crippen LogP contribution in [0.2, 0.25) is 0 Å². The second-order valence-electron chi connectivity index (χ2n) is 3.31. The molecule has 0 aliphatic carbocycles. The Morgan fingerprint density at radius 3 is 2.71 bits per heavy atom. The van der Waals surface area contributed by atoms with E-state index in [1.807, 2.05) is 0 Å². The molecule has 5 heteroatoms. The van der Waals surface area contributed by atoms with Gasteiger partial charge in [-0.3, -0.25) is 0 Å².